The van der Waals surface area contributed by atoms with Gasteiger partial charge in [0.15, 0.2) is 0 Å². The van der Waals surface area contributed by atoms with Crippen LogP contribution in [0.5, 0.6) is 0 Å². The Hall–Kier alpha value is -1.23. The van der Waals surface area contributed by atoms with E-state index in [1.807, 2.05) is 0 Å². The molecule has 3 N–H and O–H groups in total. The summed E-state index contributed by atoms with van der Waals surface area (Å²) >= 11 is 4.85. The Labute approximate surface area is 102 Å². The Morgan fingerprint density at radius 1 is 1.44 bits per heavy atom. The second kappa shape index (κ2) is 7.11. The number of hydrogen-bond acceptors (Lipinski definition) is 4. The van der Waals surface area contributed by atoms with E-state index in [9.17, 15) is 0 Å². The molecule has 5 heteroatoms. The number of unbranched alkanes of at least 4 members (excludes halogenated alkanes) is 3. The van der Waals surface area contributed by atoms with Crippen LogP contribution in [0.2, 0.25) is 0 Å². The van der Waals surface area contributed by atoms with Crippen LogP contribution in [0.4, 0.5) is 5.95 Å². The lowest BCUT2D eigenvalue weighted by Gasteiger charge is -2.05. The van der Waals surface area contributed by atoms with Crippen LogP contribution in [0.25, 0.3) is 0 Å². The molecule has 0 bridgehead atoms. The van der Waals surface area contributed by atoms with E-state index in [-0.39, 0.29) is 0 Å². The summed E-state index contributed by atoms with van der Waals surface area (Å²) in [6.45, 7) is 3.09. The van der Waals surface area contributed by atoms with Gasteiger partial charge in [0.05, 0.1) is 0 Å². The lowest BCUT2D eigenvalue weighted by atomic mass is 10.2. The van der Waals surface area contributed by atoms with Crippen LogP contribution in [-0.4, -0.2) is 21.5 Å². The molecule has 0 saturated carbocycles. The van der Waals surface area contributed by atoms with Crippen molar-refractivity contribution >= 4 is 23.2 Å². The summed E-state index contributed by atoms with van der Waals surface area (Å²) in [5, 5.41) is 3.16. The van der Waals surface area contributed by atoms with Gasteiger partial charge >= 0.3 is 0 Å². The van der Waals surface area contributed by atoms with E-state index in [2.05, 4.69) is 22.2 Å². The number of rotatable bonds is 7. The zero-order chi connectivity index (χ0) is 11.8. The summed E-state index contributed by atoms with van der Waals surface area (Å²) in [6, 6.07) is 1.71. The van der Waals surface area contributed by atoms with E-state index in [1.54, 1.807) is 12.3 Å². The van der Waals surface area contributed by atoms with Gasteiger partial charge in [-0.1, -0.05) is 38.4 Å². The SMILES string of the molecule is CCCCCCNc1nccc(C(N)=S)n1. The van der Waals surface area contributed by atoms with Crippen LogP contribution >= 0.6 is 12.2 Å². The molecule has 0 radical (unpaired) electrons. The lowest BCUT2D eigenvalue weighted by Crippen LogP contribution is -2.14. The molecule has 0 aliphatic rings. The van der Waals surface area contributed by atoms with Crippen LogP contribution < -0.4 is 11.1 Å². The maximum Gasteiger partial charge on any atom is 0.223 e. The number of aromatic nitrogens is 2. The molecule has 88 valence electrons. The monoisotopic (exact) mass is 238 g/mol. The second-order valence-corrected chi connectivity index (χ2v) is 4.06. The van der Waals surface area contributed by atoms with E-state index < -0.39 is 0 Å². The van der Waals surface area contributed by atoms with Gasteiger partial charge in [-0.05, 0) is 12.5 Å². The predicted molar refractivity (Wildman–Crippen MR) is 70.6 cm³/mol. The Balaban J connectivity index is 2.36. The number of nitrogens with zero attached hydrogens (tertiary/aromatic N) is 2. The Morgan fingerprint density at radius 2 is 2.25 bits per heavy atom. The summed E-state index contributed by atoms with van der Waals surface area (Å²) in [7, 11) is 0. The highest BCUT2D eigenvalue weighted by Gasteiger charge is 2.00. The third-order valence-corrected chi connectivity index (χ3v) is 2.43. The molecular formula is C11H18N4S. The van der Waals surface area contributed by atoms with Crippen molar-refractivity contribution in [1.29, 1.82) is 0 Å². The van der Waals surface area contributed by atoms with E-state index in [1.165, 1.54) is 19.3 Å². The quantitative estimate of drug-likeness (QED) is 0.562. The van der Waals surface area contributed by atoms with Crippen molar-refractivity contribution in [1.82, 2.24) is 9.97 Å². The first-order chi connectivity index (χ1) is 7.74. The molecule has 0 unspecified atom stereocenters. The smallest absolute Gasteiger partial charge is 0.223 e. The minimum absolute atomic E-state index is 0.302. The fraction of sp³-hybridized carbons (Fsp3) is 0.545. The normalized spacial score (nSPS) is 10.1. The molecule has 1 heterocycles. The molecule has 4 nitrogen and oxygen atoms in total. The molecule has 1 aromatic rings. The van der Waals surface area contributed by atoms with Gasteiger partial charge in [0.1, 0.15) is 10.7 Å². The fourth-order valence-corrected chi connectivity index (χ4v) is 1.45. The molecule has 0 aromatic carbocycles. The van der Waals surface area contributed by atoms with Crippen molar-refractivity contribution in [3.63, 3.8) is 0 Å². The number of nitrogens with one attached hydrogen (secondary N) is 1. The summed E-state index contributed by atoms with van der Waals surface area (Å²) in [5.41, 5.74) is 6.10. The van der Waals surface area contributed by atoms with E-state index in [0.717, 1.165) is 13.0 Å². The molecule has 0 aliphatic carbocycles. The molecule has 0 amide bonds. The number of thiocarbonyl (C=S) groups is 1. The van der Waals surface area contributed by atoms with Crippen molar-refractivity contribution < 1.29 is 0 Å². The minimum atomic E-state index is 0.302. The van der Waals surface area contributed by atoms with Gasteiger partial charge in [-0.15, -0.1) is 0 Å². The predicted octanol–water partition coefficient (Wildman–Crippen LogP) is 2.10. The summed E-state index contributed by atoms with van der Waals surface area (Å²) in [5.74, 6) is 0.599. The van der Waals surface area contributed by atoms with Gasteiger partial charge in [0.2, 0.25) is 5.95 Å². The Kier molecular flexibility index (Phi) is 5.71. The first-order valence-corrected chi connectivity index (χ1v) is 6.01. The van der Waals surface area contributed by atoms with Crippen molar-refractivity contribution in [3.05, 3.63) is 18.0 Å². The average Bonchev–Trinajstić information content (AvgIpc) is 2.29. The van der Waals surface area contributed by atoms with Crippen molar-refractivity contribution in [2.45, 2.75) is 32.6 Å². The van der Waals surface area contributed by atoms with E-state index in [4.69, 9.17) is 18.0 Å². The first kappa shape index (κ1) is 12.8. The average molecular weight is 238 g/mol. The third kappa shape index (κ3) is 4.53. The summed E-state index contributed by atoms with van der Waals surface area (Å²) < 4.78 is 0. The minimum Gasteiger partial charge on any atom is -0.388 e. The summed E-state index contributed by atoms with van der Waals surface area (Å²) in [4.78, 5) is 8.61. The van der Waals surface area contributed by atoms with Gasteiger partial charge < -0.3 is 11.1 Å². The number of anilines is 1. The van der Waals surface area contributed by atoms with Crippen molar-refractivity contribution in [2.24, 2.45) is 5.73 Å². The zero-order valence-electron chi connectivity index (χ0n) is 9.57. The molecular weight excluding hydrogens is 220 g/mol. The first-order valence-electron chi connectivity index (χ1n) is 5.60. The molecule has 1 rings (SSSR count). The highest BCUT2D eigenvalue weighted by atomic mass is 32.1. The standard InChI is InChI=1S/C11H18N4S/c1-2-3-4-5-7-13-11-14-8-6-9(15-11)10(12)16/h6,8H,2-5,7H2,1H3,(H2,12,16)(H,13,14,15). The topological polar surface area (TPSA) is 63.8 Å². The molecule has 1 aromatic heterocycles. The lowest BCUT2D eigenvalue weighted by molar-refractivity contribution is 0.683. The summed E-state index contributed by atoms with van der Waals surface area (Å²) in [6.07, 6.45) is 6.55. The fourth-order valence-electron chi connectivity index (χ4n) is 1.33. The zero-order valence-corrected chi connectivity index (χ0v) is 10.4. The highest BCUT2D eigenvalue weighted by Crippen LogP contribution is 2.02. The van der Waals surface area contributed by atoms with Crippen molar-refractivity contribution in [2.75, 3.05) is 11.9 Å². The molecule has 16 heavy (non-hydrogen) atoms. The van der Waals surface area contributed by atoms with E-state index in [0.29, 0.717) is 16.6 Å². The Morgan fingerprint density at radius 3 is 2.94 bits per heavy atom. The van der Waals surface area contributed by atoms with E-state index >= 15 is 0 Å². The molecule has 0 fully saturated rings. The van der Waals surface area contributed by atoms with Gasteiger partial charge in [-0.2, -0.15) is 0 Å². The van der Waals surface area contributed by atoms with Crippen LogP contribution in [-0.2, 0) is 0 Å². The Bertz CT molecular complexity index is 341. The van der Waals surface area contributed by atoms with Crippen LogP contribution in [0.1, 0.15) is 38.3 Å². The molecule has 0 saturated heterocycles. The largest absolute Gasteiger partial charge is 0.388 e. The molecule has 0 atom stereocenters. The number of nitrogens with two attached hydrogens (primary N) is 1. The third-order valence-electron chi connectivity index (χ3n) is 2.22. The van der Waals surface area contributed by atoms with Crippen LogP contribution in [0, 0.1) is 0 Å². The highest BCUT2D eigenvalue weighted by molar-refractivity contribution is 7.80. The van der Waals surface area contributed by atoms with Gasteiger partial charge in [0, 0.05) is 12.7 Å². The van der Waals surface area contributed by atoms with Crippen LogP contribution in [0.15, 0.2) is 12.3 Å². The number of hydrogen-bond donors (Lipinski definition) is 2. The molecule has 0 aliphatic heterocycles. The van der Waals surface area contributed by atoms with Gasteiger partial charge in [-0.3, -0.25) is 0 Å². The van der Waals surface area contributed by atoms with Crippen molar-refractivity contribution in [3.8, 4) is 0 Å². The van der Waals surface area contributed by atoms with Gasteiger partial charge in [0.25, 0.3) is 0 Å². The molecule has 0 spiro atoms. The van der Waals surface area contributed by atoms with Gasteiger partial charge in [-0.25, -0.2) is 9.97 Å². The maximum absolute atomic E-state index is 5.49. The second-order valence-electron chi connectivity index (χ2n) is 3.62. The maximum atomic E-state index is 5.49. The van der Waals surface area contributed by atoms with Crippen LogP contribution in [0.3, 0.4) is 0 Å².